The Kier molecular flexibility index (Phi) is 4.29. The molecule has 0 rings (SSSR count). The van der Waals surface area contributed by atoms with E-state index in [9.17, 15) is 13.2 Å². The summed E-state index contributed by atoms with van der Waals surface area (Å²) < 4.78 is 25.1. The third-order valence-corrected chi connectivity index (χ3v) is 1.57. The molecule has 5 heteroatoms. The summed E-state index contributed by atoms with van der Waals surface area (Å²) in [6.07, 6.45) is 1.82. The molecule has 0 aliphatic carbocycles. The maximum Gasteiger partial charge on any atom is 0.264 e. The molecule has 0 bridgehead atoms. The molecule has 0 aliphatic heterocycles. The topological polar surface area (TPSA) is 60.4 Å². The first kappa shape index (κ1) is 10.6. The van der Waals surface area contributed by atoms with Crippen molar-refractivity contribution in [3.8, 4) is 0 Å². The van der Waals surface area contributed by atoms with Crippen LogP contribution in [0, 0.1) is 0 Å². The molecule has 11 heavy (non-hydrogen) atoms. The quantitative estimate of drug-likeness (QED) is 0.452. The highest BCUT2D eigenvalue weighted by Gasteiger charge is 2.00. The number of carbonyl (C=O) groups excluding carboxylic acids is 1. The number of carbonyl (C=O) groups is 1. The first-order chi connectivity index (χ1) is 4.92. The van der Waals surface area contributed by atoms with Crippen molar-refractivity contribution < 1.29 is 17.4 Å². The minimum Gasteiger partial charge on any atom is -0.300 e. The summed E-state index contributed by atoms with van der Waals surface area (Å²) in [5.41, 5.74) is 0. The predicted octanol–water partition coefficient (Wildman–Crippen LogP) is 0.332. The van der Waals surface area contributed by atoms with Crippen LogP contribution >= 0.6 is 0 Å². The van der Waals surface area contributed by atoms with E-state index in [4.69, 9.17) is 0 Å². The van der Waals surface area contributed by atoms with Crippen LogP contribution in [0.25, 0.3) is 0 Å². The molecule has 0 heterocycles. The summed E-state index contributed by atoms with van der Waals surface area (Å²) in [6, 6.07) is 0. The van der Waals surface area contributed by atoms with Gasteiger partial charge >= 0.3 is 0 Å². The van der Waals surface area contributed by atoms with Crippen LogP contribution in [0.5, 0.6) is 0 Å². The summed E-state index contributed by atoms with van der Waals surface area (Å²) in [7, 11) is -3.33. The van der Waals surface area contributed by atoms with E-state index in [2.05, 4.69) is 4.18 Å². The third kappa shape index (κ3) is 9.58. The fourth-order valence-electron chi connectivity index (χ4n) is 0.531. The molecule has 0 amide bonds. The zero-order chi connectivity index (χ0) is 8.91. The summed E-state index contributed by atoms with van der Waals surface area (Å²) in [6.45, 7) is 1.55. The molecule has 0 fully saturated rings. The van der Waals surface area contributed by atoms with Crippen LogP contribution in [0.3, 0.4) is 0 Å². The smallest absolute Gasteiger partial charge is 0.264 e. The summed E-state index contributed by atoms with van der Waals surface area (Å²) in [5.74, 6) is 0.0436. The molecule has 0 radical (unpaired) electrons. The van der Waals surface area contributed by atoms with Gasteiger partial charge in [-0.15, -0.1) is 0 Å². The van der Waals surface area contributed by atoms with E-state index < -0.39 is 10.1 Å². The molecular weight excluding hydrogens is 168 g/mol. The minimum atomic E-state index is -3.33. The summed E-state index contributed by atoms with van der Waals surface area (Å²) in [5, 5.41) is 0. The monoisotopic (exact) mass is 180 g/mol. The Morgan fingerprint density at radius 2 is 2.00 bits per heavy atom. The van der Waals surface area contributed by atoms with Gasteiger partial charge in [-0.25, -0.2) is 0 Å². The zero-order valence-corrected chi connectivity index (χ0v) is 7.48. The molecule has 4 nitrogen and oxygen atoms in total. The molecule has 0 aliphatic rings. The van der Waals surface area contributed by atoms with E-state index in [1.165, 1.54) is 6.92 Å². The minimum absolute atomic E-state index is 0.0436. The van der Waals surface area contributed by atoms with Crippen LogP contribution < -0.4 is 0 Å². The Morgan fingerprint density at radius 1 is 1.45 bits per heavy atom. The Balaban J connectivity index is 3.37. The van der Waals surface area contributed by atoms with Crippen LogP contribution in [0.1, 0.15) is 19.8 Å². The molecule has 0 aromatic carbocycles. The largest absolute Gasteiger partial charge is 0.300 e. The van der Waals surface area contributed by atoms with Gasteiger partial charge < -0.3 is 4.79 Å². The average Bonchev–Trinajstić information content (AvgIpc) is 1.78. The number of Topliss-reactive ketones (excluding diaryl/α,β-unsaturated/α-hetero) is 1. The Labute approximate surface area is 66.7 Å². The van der Waals surface area contributed by atoms with E-state index in [0.717, 1.165) is 6.26 Å². The van der Waals surface area contributed by atoms with E-state index >= 15 is 0 Å². The first-order valence-corrected chi connectivity index (χ1v) is 5.07. The van der Waals surface area contributed by atoms with Gasteiger partial charge in [-0.1, -0.05) is 0 Å². The second kappa shape index (κ2) is 4.46. The number of rotatable bonds is 5. The van der Waals surface area contributed by atoms with E-state index in [1.54, 1.807) is 0 Å². The van der Waals surface area contributed by atoms with Crippen molar-refractivity contribution in [2.24, 2.45) is 0 Å². The molecule has 0 unspecified atom stereocenters. The van der Waals surface area contributed by atoms with Crippen LogP contribution in [-0.4, -0.2) is 27.1 Å². The lowest BCUT2D eigenvalue weighted by Crippen LogP contribution is -2.05. The van der Waals surface area contributed by atoms with Gasteiger partial charge in [-0.3, -0.25) is 4.18 Å². The van der Waals surface area contributed by atoms with Crippen LogP contribution in [0.2, 0.25) is 0 Å². The normalized spacial score (nSPS) is 11.5. The third-order valence-electron chi connectivity index (χ3n) is 0.971. The van der Waals surface area contributed by atoms with Crippen LogP contribution in [0.15, 0.2) is 0 Å². The van der Waals surface area contributed by atoms with Crippen LogP contribution in [0.4, 0.5) is 0 Å². The number of ketones is 1. The molecule has 0 saturated carbocycles. The lowest BCUT2D eigenvalue weighted by atomic mass is 10.2. The van der Waals surface area contributed by atoms with Crippen LogP contribution in [-0.2, 0) is 19.1 Å². The summed E-state index contributed by atoms with van der Waals surface area (Å²) in [4.78, 5) is 10.4. The molecule has 0 spiro atoms. The molecule has 0 aromatic rings. The lowest BCUT2D eigenvalue weighted by molar-refractivity contribution is -0.117. The molecule has 0 saturated heterocycles. The molecule has 66 valence electrons. The highest BCUT2D eigenvalue weighted by molar-refractivity contribution is 7.85. The Hall–Kier alpha value is -0.420. The first-order valence-electron chi connectivity index (χ1n) is 3.25. The second-order valence-corrected chi connectivity index (χ2v) is 3.98. The zero-order valence-electron chi connectivity index (χ0n) is 6.66. The van der Waals surface area contributed by atoms with Gasteiger partial charge in [0.15, 0.2) is 0 Å². The number of hydrogen-bond donors (Lipinski definition) is 0. The maximum atomic E-state index is 10.4. The van der Waals surface area contributed by atoms with Gasteiger partial charge in [0, 0.05) is 6.42 Å². The van der Waals surface area contributed by atoms with Gasteiger partial charge in [-0.2, -0.15) is 8.42 Å². The van der Waals surface area contributed by atoms with Crippen molar-refractivity contribution in [2.75, 3.05) is 12.9 Å². The standard InChI is InChI=1S/C6H12O4S/c1-6(7)4-3-5-10-11(2,8)9/h3-5H2,1-2H3. The molecule has 0 N–H and O–H groups in total. The Bertz CT molecular complexity index is 217. The molecule has 0 aromatic heterocycles. The SMILES string of the molecule is CC(=O)CCCOS(C)(=O)=O. The predicted molar refractivity (Wildman–Crippen MR) is 40.7 cm³/mol. The highest BCUT2D eigenvalue weighted by atomic mass is 32.2. The second-order valence-electron chi connectivity index (χ2n) is 2.33. The van der Waals surface area contributed by atoms with Gasteiger partial charge in [0.25, 0.3) is 10.1 Å². The fraction of sp³-hybridized carbons (Fsp3) is 0.833. The van der Waals surface area contributed by atoms with Crippen molar-refractivity contribution in [3.63, 3.8) is 0 Å². The van der Waals surface area contributed by atoms with Gasteiger partial charge in [-0.05, 0) is 13.3 Å². The van der Waals surface area contributed by atoms with Gasteiger partial charge in [0.2, 0.25) is 0 Å². The van der Waals surface area contributed by atoms with Crippen molar-refractivity contribution >= 4 is 15.9 Å². The Morgan fingerprint density at radius 3 is 2.36 bits per heavy atom. The lowest BCUT2D eigenvalue weighted by Gasteiger charge is -1.97. The van der Waals surface area contributed by atoms with Crippen molar-refractivity contribution in [2.45, 2.75) is 19.8 Å². The highest BCUT2D eigenvalue weighted by Crippen LogP contribution is 1.94. The molecule has 0 atom stereocenters. The van der Waals surface area contributed by atoms with Crippen molar-refractivity contribution in [3.05, 3.63) is 0 Å². The van der Waals surface area contributed by atoms with E-state index in [0.29, 0.717) is 12.8 Å². The van der Waals surface area contributed by atoms with Crippen molar-refractivity contribution in [1.82, 2.24) is 0 Å². The van der Waals surface area contributed by atoms with Gasteiger partial charge in [0.1, 0.15) is 5.78 Å². The van der Waals surface area contributed by atoms with E-state index in [-0.39, 0.29) is 12.4 Å². The summed E-state index contributed by atoms with van der Waals surface area (Å²) >= 11 is 0. The van der Waals surface area contributed by atoms with E-state index in [1.807, 2.05) is 0 Å². The molecular formula is C6H12O4S. The average molecular weight is 180 g/mol. The maximum absolute atomic E-state index is 10.4. The fourth-order valence-corrected chi connectivity index (χ4v) is 0.952. The number of hydrogen-bond acceptors (Lipinski definition) is 4. The van der Waals surface area contributed by atoms with Gasteiger partial charge in [0.05, 0.1) is 12.9 Å². The van der Waals surface area contributed by atoms with Crippen molar-refractivity contribution in [1.29, 1.82) is 0 Å².